The van der Waals surface area contributed by atoms with Gasteiger partial charge in [0.05, 0.1) is 5.56 Å². The second-order valence-electron chi connectivity index (χ2n) is 5.98. The number of alkyl halides is 3. The number of aromatic nitrogens is 3. The highest BCUT2D eigenvalue weighted by Gasteiger charge is 2.30. The first-order chi connectivity index (χ1) is 13.3. The monoisotopic (exact) mass is 391 g/mol. The summed E-state index contributed by atoms with van der Waals surface area (Å²) in [5.41, 5.74) is 0.110. The molecule has 2 heterocycles. The van der Waals surface area contributed by atoms with Gasteiger partial charge in [0.25, 0.3) is 0 Å². The maximum atomic E-state index is 12.7. The lowest BCUT2D eigenvalue weighted by molar-refractivity contribution is -0.137. The molecule has 0 aliphatic rings. The predicted molar refractivity (Wildman–Crippen MR) is 94.1 cm³/mol. The van der Waals surface area contributed by atoms with Gasteiger partial charge in [-0.25, -0.2) is 0 Å². The molecule has 146 valence electrons. The predicted octanol–water partition coefficient (Wildman–Crippen LogP) is 2.78. The zero-order valence-corrected chi connectivity index (χ0v) is 14.5. The Morgan fingerprint density at radius 3 is 2.57 bits per heavy atom. The molecule has 0 fully saturated rings. The summed E-state index contributed by atoms with van der Waals surface area (Å²) >= 11 is 0. The number of benzene rings is 1. The number of amides is 2. The number of hydrogen-bond donors (Lipinski definition) is 2. The van der Waals surface area contributed by atoms with Crippen molar-refractivity contribution in [1.29, 1.82) is 0 Å². The Hall–Kier alpha value is -3.43. The van der Waals surface area contributed by atoms with Crippen molar-refractivity contribution in [3.05, 3.63) is 59.8 Å². The molecule has 2 N–H and O–H groups in total. The van der Waals surface area contributed by atoms with Gasteiger partial charge in [0, 0.05) is 25.6 Å². The highest BCUT2D eigenvalue weighted by Crippen LogP contribution is 2.29. The van der Waals surface area contributed by atoms with E-state index in [0.29, 0.717) is 11.2 Å². The van der Waals surface area contributed by atoms with E-state index in [-0.39, 0.29) is 25.3 Å². The number of carbonyl (C=O) groups excluding carboxylic acids is 2. The maximum Gasteiger partial charge on any atom is 0.416 e. The molecule has 28 heavy (non-hydrogen) atoms. The molecule has 2 amide bonds. The summed E-state index contributed by atoms with van der Waals surface area (Å²) in [6.45, 7) is -0.0564. The Morgan fingerprint density at radius 2 is 1.79 bits per heavy atom. The minimum absolute atomic E-state index is 0.0564. The van der Waals surface area contributed by atoms with Gasteiger partial charge in [-0.1, -0.05) is 18.2 Å². The third-order valence-corrected chi connectivity index (χ3v) is 3.89. The fourth-order valence-corrected chi connectivity index (χ4v) is 2.49. The fraction of sp³-hybridized carbons (Fsp3) is 0.222. The SMILES string of the molecule is O=C(CCC(=O)Nc1nnc2ccccn12)NCc1cccc(C(F)(F)F)c1. The van der Waals surface area contributed by atoms with Crippen LogP contribution in [0, 0.1) is 0 Å². The Kier molecular flexibility index (Phi) is 5.57. The first-order valence-electron chi connectivity index (χ1n) is 8.35. The van der Waals surface area contributed by atoms with E-state index in [4.69, 9.17) is 0 Å². The number of nitrogens with one attached hydrogen (secondary N) is 2. The Labute approximate surface area is 157 Å². The zero-order chi connectivity index (χ0) is 20.1. The van der Waals surface area contributed by atoms with Crippen LogP contribution in [0.1, 0.15) is 24.0 Å². The number of rotatable bonds is 6. The maximum absolute atomic E-state index is 12.7. The van der Waals surface area contributed by atoms with Crippen molar-refractivity contribution >= 4 is 23.4 Å². The fourth-order valence-electron chi connectivity index (χ4n) is 2.49. The molecule has 0 unspecified atom stereocenters. The average Bonchev–Trinajstić information content (AvgIpc) is 3.07. The van der Waals surface area contributed by atoms with E-state index in [0.717, 1.165) is 12.1 Å². The van der Waals surface area contributed by atoms with Crippen molar-refractivity contribution in [3.8, 4) is 0 Å². The molecule has 0 spiro atoms. The summed E-state index contributed by atoms with van der Waals surface area (Å²) in [6.07, 6.45) is -2.96. The van der Waals surface area contributed by atoms with Crippen LogP contribution in [-0.2, 0) is 22.3 Å². The van der Waals surface area contributed by atoms with Crippen LogP contribution in [0.3, 0.4) is 0 Å². The molecule has 3 aromatic rings. The van der Waals surface area contributed by atoms with E-state index in [9.17, 15) is 22.8 Å². The molecule has 0 saturated carbocycles. The van der Waals surface area contributed by atoms with Crippen molar-refractivity contribution in [2.24, 2.45) is 0 Å². The molecule has 1 aromatic carbocycles. The first kappa shape index (κ1) is 19.3. The minimum Gasteiger partial charge on any atom is -0.352 e. The van der Waals surface area contributed by atoms with Gasteiger partial charge in [-0.05, 0) is 29.8 Å². The second-order valence-corrected chi connectivity index (χ2v) is 5.98. The lowest BCUT2D eigenvalue weighted by atomic mass is 10.1. The van der Waals surface area contributed by atoms with Gasteiger partial charge < -0.3 is 5.32 Å². The van der Waals surface area contributed by atoms with Crippen LogP contribution in [0.2, 0.25) is 0 Å². The Morgan fingerprint density at radius 1 is 1.00 bits per heavy atom. The number of pyridine rings is 1. The molecule has 10 heteroatoms. The molecule has 0 aliphatic heterocycles. The zero-order valence-electron chi connectivity index (χ0n) is 14.5. The van der Waals surface area contributed by atoms with E-state index in [1.54, 1.807) is 28.8 Å². The molecule has 3 rings (SSSR count). The van der Waals surface area contributed by atoms with E-state index in [1.165, 1.54) is 12.1 Å². The summed E-state index contributed by atoms with van der Waals surface area (Å²) in [5.74, 6) is -0.629. The van der Waals surface area contributed by atoms with Gasteiger partial charge in [-0.15, -0.1) is 10.2 Å². The van der Waals surface area contributed by atoms with E-state index in [2.05, 4.69) is 20.8 Å². The lowest BCUT2D eigenvalue weighted by Crippen LogP contribution is -2.24. The van der Waals surface area contributed by atoms with Gasteiger partial charge in [-0.2, -0.15) is 13.2 Å². The van der Waals surface area contributed by atoms with Crippen LogP contribution in [0.5, 0.6) is 0 Å². The third kappa shape index (κ3) is 4.84. The summed E-state index contributed by atoms with van der Waals surface area (Å²) in [5, 5.41) is 12.8. The highest BCUT2D eigenvalue weighted by molar-refractivity contribution is 5.92. The van der Waals surface area contributed by atoms with Gasteiger partial charge in [-0.3, -0.25) is 19.3 Å². The number of anilines is 1. The van der Waals surface area contributed by atoms with Crippen LogP contribution in [-0.4, -0.2) is 26.4 Å². The number of fused-ring (bicyclic) bond motifs is 1. The largest absolute Gasteiger partial charge is 0.416 e. The standard InChI is InChI=1S/C18H16F3N5O2/c19-18(20,21)13-5-3-4-12(10-13)11-22-15(27)7-8-16(28)23-17-25-24-14-6-1-2-9-26(14)17/h1-6,9-10H,7-8,11H2,(H,22,27)(H,23,25,28). The summed E-state index contributed by atoms with van der Waals surface area (Å²) in [6, 6.07) is 9.97. The Bertz CT molecular complexity index is 1000. The van der Waals surface area contributed by atoms with Gasteiger partial charge in [0.1, 0.15) is 0 Å². The smallest absolute Gasteiger partial charge is 0.352 e. The normalized spacial score (nSPS) is 11.4. The van der Waals surface area contributed by atoms with E-state index >= 15 is 0 Å². The number of hydrogen-bond acceptors (Lipinski definition) is 4. The van der Waals surface area contributed by atoms with Crippen LogP contribution in [0.4, 0.5) is 19.1 Å². The summed E-state index contributed by atoms with van der Waals surface area (Å²) < 4.78 is 39.6. The van der Waals surface area contributed by atoms with Crippen LogP contribution in [0.15, 0.2) is 48.7 Å². The molecule has 7 nitrogen and oxygen atoms in total. The quantitative estimate of drug-likeness (QED) is 0.676. The topological polar surface area (TPSA) is 88.4 Å². The molecule has 0 radical (unpaired) electrons. The molecule has 0 saturated heterocycles. The first-order valence-corrected chi connectivity index (χ1v) is 8.35. The summed E-state index contributed by atoms with van der Waals surface area (Å²) in [4.78, 5) is 23.9. The van der Waals surface area contributed by atoms with E-state index in [1.807, 2.05) is 0 Å². The Balaban J connectivity index is 1.47. The van der Waals surface area contributed by atoms with E-state index < -0.39 is 23.6 Å². The van der Waals surface area contributed by atoms with Crippen molar-refractivity contribution in [2.75, 3.05) is 5.32 Å². The number of nitrogens with zero attached hydrogens (tertiary/aromatic N) is 3. The molecule has 0 aliphatic carbocycles. The molecular weight excluding hydrogens is 375 g/mol. The number of halogens is 3. The van der Waals surface area contributed by atoms with Crippen LogP contribution >= 0.6 is 0 Å². The highest BCUT2D eigenvalue weighted by atomic mass is 19.4. The van der Waals surface area contributed by atoms with Gasteiger partial charge >= 0.3 is 6.18 Å². The van der Waals surface area contributed by atoms with Crippen molar-refractivity contribution in [2.45, 2.75) is 25.6 Å². The molecule has 0 bridgehead atoms. The van der Waals surface area contributed by atoms with Crippen molar-refractivity contribution in [3.63, 3.8) is 0 Å². The van der Waals surface area contributed by atoms with Crippen molar-refractivity contribution < 1.29 is 22.8 Å². The third-order valence-electron chi connectivity index (χ3n) is 3.89. The molecule has 0 atom stereocenters. The number of carbonyl (C=O) groups is 2. The second kappa shape index (κ2) is 8.07. The van der Waals surface area contributed by atoms with Gasteiger partial charge in [0.15, 0.2) is 5.65 Å². The molecule has 2 aromatic heterocycles. The molecular formula is C18H16F3N5O2. The summed E-state index contributed by atoms with van der Waals surface area (Å²) in [7, 11) is 0. The van der Waals surface area contributed by atoms with Crippen molar-refractivity contribution in [1.82, 2.24) is 19.9 Å². The lowest BCUT2D eigenvalue weighted by Gasteiger charge is -2.09. The van der Waals surface area contributed by atoms with Crippen LogP contribution < -0.4 is 10.6 Å². The van der Waals surface area contributed by atoms with Crippen LogP contribution in [0.25, 0.3) is 5.65 Å². The average molecular weight is 391 g/mol. The van der Waals surface area contributed by atoms with Gasteiger partial charge in [0.2, 0.25) is 17.8 Å². The minimum atomic E-state index is -4.44.